The molecule has 1 N–H and O–H groups in total. The molecule has 1 atom stereocenters. The molecule has 29 heavy (non-hydrogen) atoms. The van der Waals surface area contributed by atoms with Gasteiger partial charge in [-0.3, -0.25) is 9.59 Å². The lowest BCUT2D eigenvalue weighted by Crippen LogP contribution is -2.48. The highest BCUT2D eigenvalue weighted by Gasteiger charge is 2.53. The first-order chi connectivity index (χ1) is 13.7. The number of rotatable bonds is 2. The Kier molecular flexibility index (Phi) is 4.39. The van der Waals surface area contributed by atoms with E-state index in [-0.39, 0.29) is 5.41 Å². The minimum Gasteiger partial charge on any atom is -0.363 e. The number of amides is 2. The third-order valence-corrected chi connectivity index (χ3v) is 5.42. The lowest BCUT2D eigenvalue weighted by molar-refractivity contribution is -0.0362. The Bertz CT molecular complexity index is 1080. The minimum atomic E-state index is -1.87. The summed E-state index contributed by atoms with van der Waals surface area (Å²) in [5, 5.41) is 12.0. The third-order valence-electron chi connectivity index (χ3n) is 5.42. The van der Waals surface area contributed by atoms with Gasteiger partial charge in [0.15, 0.2) is 0 Å². The monoisotopic (exact) mass is 385 g/mol. The molecule has 0 bridgehead atoms. The van der Waals surface area contributed by atoms with Gasteiger partial charge in [-0.15, -0.1) is 0 Å². The predicted molar refractivity (Wildman–Crippen MR) is 112 cm³/mol. The fraction of sp³-hybridized carbons (Fsp3) is 0.200. The van der Waals surface area contributed by atoms with Gasteiger partial charge >= 0.3 is 0 Å². The van der Waals surface area contributed by atoms with E-state index < -0.39 is 17.5 Å². The largest absolute Gasteiger partial charge is 0.363 e. The second-order valence-corrected chi connectivity index (χ2v) is 8.36. The van der Waals surface area contributed by atoms with Crippen molar-refractivity contribution in [2.75, 3.05) is 0 Å². The number of nitrogens with zero attached hydrogens (tertiary/aromatic N) is 1. The van der Waals surface area contributed by atoms with Crippen molar-refractivity contribution in [1.82, 2.24) is 4.90 Å². The second kappa shape index (κ2) is 6.68. The van der Waals surface area contributed by atoms with E-state index in [1.165, 1.54) is 0 Å². The summed E-state index contributed by atoms with van der Waals surface area (Å²) in [5.41, 5.74) is 0.530. The van der Waals surface area contributed by atoms with Crippen LogP contribution in [0.3, 0.4) is 0 Å². The fourth-order valence-electron chi connectivity index (χ4n) is 3.78. The van der Waals surface area contributed by atoms with E-state index in [0.717, 1.165) is 10.5 Å². The van der Waals surface area contributed by atoms with Crippen molar-refractivity contribution in [3.63, 3.8) is 0 Å². The van der Waals surface area contributed by atoms with E-state index in [2.05, 4.69) is 20.8 Å². The quantitative estimate of drug-likeness (QED) is 0.662. The van der Waals surface area contributed by atoms with Crippen LogP contribution < -0.4 is 0 Å². The van der Waals surface area contributed by atoms with Gasteiger partial charge in [0.1, 0.15) is 0 Å². The highest BCUT2D eigenvalue weighted by Crippen LogP contribution is 2.44. The first kappa shape index (κ1) is 19.1. The van der Waals surface area contributed by atoms with Crippen LogP contribution in [-0.4, -0.2) is 21.8 Å². The summed E-state index contributed by atoms with van der Waals surface area (Å²) < 4.78 is 0. The van der Waals surface area contributed by atoms with Gasteiger partial charge in [0, 0.05) is 22.3 Å². The molecule has 1 aliphatic rings. The summed E-state index contributed by atoms with van der Waals surface area (Å²) in [7, 11) is 0. The highest BCUT2D eigenvalue weighted by atomic mass is 16.3. The summed E-state index contributed by atoms with van der Waals surface area (Å²) in [4.78, 5) is 27.6. The first-order valence-corrected chi connectivity index (χ1v) is 9.61. The van der Waals surface area contributed by atoms with Crippen LogP contribution in [0.1, 0.15) is 58.2 Å². The zero-order valence-electron chi connectivity index (χ0n) is 16.7. The van der Waals surface area contributed by atoms with Gasteiger partial charge in [-0.1, -0.05) is 75.4 Å². The van der Waals surface area contributed by atoms with Gasteiger partial charge in [-0.05, 0) is 35.2 Å². The van der Waals surface area contributed by atoms with E-state index in [1.807, 2.05) is 18.2 Å². The molecule has 3 aromatic carbocycles. The molecule has 0 saturated heterocycles. The molecule has 2 amide bonds. The number of imide groups is 1. The number of hydrogen-bond acceptors (Lipinski definition) is 3. The Morgan fingerprint density at radius 3 is 2.07 bits per heavy atom. The topological polar surface area (TPSA) is 57.6 Å². The molecule has 1 heterocycles. The summed E-state index contributed by atoms with van der Waals surface area (Å²) in [6.45, 7) is 6.21. The molecular weight excluding hydrogens is 362 g/mol. The van der Waals surface area contributed by atoms with Crippen LogP contribution >= 0.6 is 0 Å². The molecule has 0 fully saturated rings. The van der Waals surface area contributed by atoms with Crippen LogP contribution in [0.2, 0.25) is 0 Å². The molecule has 4 nitrogen and oxygen atoms in total. The number of hydrogen-bond donors (Lipinski definition) is 1. The van der Waals surface area contributed by atoms with Crippen LogP contribution in [0.4, 0.5) is 0 Å². The molecule has 146 valence electrons. The van der Waals surface area contributed by atoms with Gasteiger partial charge < -0.3 is 5.11 Å². The van der Waals surface area contributed by atoms with Crippen molar-refractivity contribution in [2.45, 2.75) is 31.9 Å². The molecule has 4 heteroatoms. The number of carbonyl (C=O) groups is 2. The summed E-state index contributed by atoms with van der Waals surface area (Å²) >= 11 is 0. The summed E-state index contributed by atoms with van der Waals surface area (Å²) in [6.07, 6.45) is 0. The van der Waals surface area contributed by atoms with E-state index in [4.69, 9.17) is 0 Å². The number of carbonyl (C=O) groups excluding carboxylic acids is 2. The molecule has 3 aromatic rings. The van der Waals surface area contributed by atoms with E-state index in [9.17, 15) is 14.7 Å². The molecule has 0 radical (unpaired) electrons. The van der Waals surface area contributed by atoms with Gasteiger partial charge in [0.05, 0.1) is 0 Å². The molecule has 0 saturated carbocycles. The number of aliphatic hydroxyl groups is 1. The normalized spacial score (nSPS) is 18.6. The average molecular weight is 385 g/mol. The molecule has 0 spiro atoms. The first-order valence-electron chi connectivity index (χ1n) is 9.61. The van der Waals surface area contributed by atoms with Crippen LogP contribution in [0.25, 0.3) is 0 Å². The highest BCUT2D eigenvalue weighted by molar-refractivity contribution is 6.14. The SMILES string of the molecule is CC(C)(C)c1ccc2c(c1)C(O)(c1ccccc1)N(C(=O)c1ccccc1)C2=O. The van der Waals surface area contributed by atoms with E-state index in [1.54, 1.807) is 60.7 Å². The predicted octanol–water partition coefficient (Wildman–Crippen LogP) is 4.47. The molecular formula is C25H23NO3. The van der Waals surface area contributed by atoms with Crippen LogP contribution in [0, 0.1) is 0 Å². The molecule has 0 aromatic heterocycles. The van der Waals surface area contributed by atoms with E-state index in [0.29, 0.717) is 22.3 Å². The summed E-state index contributed by atoms with van der Waals surface area (Å²) in [6, 6.07) is 22.9. The third kappa shape index (κ3) is 2.97. The van der Waals surface area contributed by atoms with Gasteiger partial charge in [-0.25, -0.2) is 4.90 Å². The number of benzene rings is 3. The van der Waals surface area contributed by atoms with Crippen molar-refractivity contribution in [3.05, 3.63) is 107 Å². The second-order valence-electron chi connectivity index (χ2n) is 8.36. The van der Waals surface area contributed by atoms with Crippen LogP contribution in [0.5, 0.6) is 0 Å². The lowest BCUT2D eigenvalue weighted by Gasteiger charge is -2.33. The van der Waals surface area contributed by atoms with E-state index >= 15 is 0 Å². The Hall–Kier alpha value is -3.24. The molecule has 0 aliphatic carbocycles. The average Bonchev–Trinajstić information content (AvgIpc) is 2.96. The lowest BCUT2D eigenvalue weighted by atomic mass is 9.83. The fourth-order valence-corrected chi connectivity index (χ4v) is 3.78. The van der Waals surface area contributed by atoms with Crippen molar-refractivity contribution >= 4 is 11.8 Å². The van der Waals surface area contributed by atoms with Crippen LogP contribution in [0.15, 0.2) is 78.9 Å². The zero-order valence-corrected chi connectivity index (χ0v) is 16.7. The van der Waals surface area contributed by atoms with Crippen molar-refractivity contribution in [3.8, 4) is 0 Å². The Balaban J connectivity index is 1.96. The van der Waals surface area contributed by atoms with Crippen molar-refractivity contribution in [1.29, 1.82) is 0 Å². The van der Waals surface area contributed by atoms with Gasteiger partial charge in [0.2, 0.25) is 5.72 Å². The zero-order chi connectivity index (χ0) is 20.8. The minimum absolute atomic E-state index is 0.174. The Morgan fingerprint density at radius 2 is 1.48 bits per heavy atom. The molecule has 1 unspecified atom stereocenters. The maximum absolute atomic E-state index is 13.3. The smallest absolute Gasteiger partial charge is 0.264 e. The van der Waals surface area contributed by atoms with Crippen molar-refractivity contribution in [2.24, 2.45) is 0 Å². The standard InChI is InChI=1S/C25H23NO3/c1-24(2,3)19-14-15-20-21(16-19)25(29,18-12-8-5-9-13-18)26(23(20)28)22(27)17-10-6-4-7-11-17/h4-16,29H,1-3H3. The Labute approximate surface area is 170 Å². The van der Waals surface area contributed by atoms with Gasteiger partial charge in [-0.2, -0.15) is 0 Å². The summed E-state index contributed by atoms with van der Waals surface area (Å²) in [5.74, 6) is -1.03. The van der Waals surface area contributed by atoms with Gasteiger partial charge in [0.25, 0.3) is 11.8 Å². The maximum atomic E-state index is 13.3. The maximum Gasteiger partial charge on any atom is 0.264 e. The number of fused-ring (bicyclic) bond motifs is 1. The van der Waals surface area contributed by atoms with Crippen LogP contribution in [-0.2, 0) is 11.1 Å². The molecule has 1 aliphatic heterocycles. The molecule has 4 rings (SSSR count). The van der Waals surface area contributed by atoms with Crippen molar-refractivity contribution < 1.29 is 14.7 Å². The Morgan fingerprint density at radius 1 is 0.897 bits per heavy atom.